The average Bonchev–Trinajstić information content (AvgIpc) is 2.67. The van der Waals surface area contributed by atoms with Crippen molar-refractivity contribution in [3.8, 4) is 0 Å². The molecule has 1 unspecified atom stereocenters. The molecule has 160 valence electrons. The van der Waals surface area contributed by atoms with Crippen molar-refractivity contribution in [3.05, 3.63) is 76.9 Å². The lowest BCUT2D eigenvalue weighted by molar-refractivity contribution is 0.589. The Hall–Kier alpha value is -2.15. The van der Waals surface area contributed by atoms with Gasteiger partial charge in [0.2, 0.25) is 0 Å². The van der Waals surface area contributed by atoms with Crippen LogP contribution in [-0.2, 0) is 10.8 Å². The van der Waals surface area contributed by atoms with Crippen molar-refractivity contribution in [1.29, 1.82) is 0 Å². The fraction of sp³-hybridized carbons (Fsp3) is 0.483. The van der Waals surface area contributed by atoms with Crippen LogP contribution in [0.15, 0.2) is 59.6 Å². The van der Waals surface area contributed by atoms with Gasteiger partial charge < -0.3 is 0 Å². The van der Waals surface area contributed by atoms with Crippen LogP contribution in [0.4, 0.5) is 0 Å². The van der Waals surface area contributed by atoms with Crippen LogP contribution in [0.3, 0.4) is 0 Å². The highest BCUT2D eigenvalue weighted by molar-refractivity contribution is 6.02. The minimum atomic E-state index is 0.180. The maximum atomic E-state index is 5.16. The van der Waals surface area contributed by atoms with E-state index < -0.39 is 0 Å². The number of allylic oxidation sites excluding steroid dienone is 2. The van der Waals surface area contributed by atoms with E-state index in [1.807, 2.05) is 0 Å². The number of rotatable bonds is 3. The van der Waals surface area contributed by atoms with Crippen molar-refractivity contribution >= 4 is 11.3 Å². The molecule has 1 heteroatoms. The molecule has 0 saturated heterocycles. The zero-order chi connectivity index (χ0) is 21.9. The van der Waals surface area contributed by atoms with Gasteiger partial charge in [-0.2, -0.15) is 0 Å². The molecule has 0 N–H and O–H groups in total. The Bertz CT molecular complexity index is 897. The van der Waals surface area contributed by atoms with Crippen LogP contribution in [0.25, 0.3) is 5.57 Å². The number of aliphatic imine (C=N–C) groups is 1. The van der Waals surface area contributed by atoms with Crippen LogP contribution in [0, 0.1) is 0 Å². The second-order valence-corrected chi connectivity index (χ2v) is 10.8. The van der Waals surface area contributed by atoms with Gasteiger partial charge in [0.15, 0.2) is 0 Å². The molecule has 0 bridgehead atoms. The average molecular weight is 402 g/mol. The van der Waals surface area contributed by atoms with Gasteiger partial charge in [-0.1, -0.05) is 103 Å². The predicted octanol–water partition coefficient (Wildman–Crippen LogP) is 8.12. The van der Waals surface area contributed by atoms with E-state index in [9.17, 15) is 0 Å². The molecule has 1 heterocycles. The molecule has 3 rings (SSSR count). The summed E-state index contributed by atoms with van der Waals surface area (Å²) in [6, 6.07) is 18.7. The molecule has 0 aromatic heterocycles. The fourth-order valence-electron chi connectivity index (χ4n) is 4.08. The molecule has 0 saturated carbocycles. The summed E-state index contributed by atoms with van der Waals surface area (Å²) in [6.07, 6.45) is 6.63. The molecule has 2 aromatic carbocycles. The summed E-state index contributed by atoms with van der Waals surface area (Å²) >= 11 is 0. The first kappa shape index (κ1) is 22.5. The third kappa shape index (κ3) is 5.50. The Morgan fingerprint density at radius 2 is 1.27 bits per heavy atom. The highest BCUT2D eigenvalue weighted by Gasteiger charge is 2.17. The first-order valence-corrected chi connectivity index (χ1v) is 11.6. The molecule has 0 aliphatic carbocycles. The standard InChI is InChI=1S/C29H39N/c1-8-26-19-13-22(21-9-15-24(16-10-21)28(2,3)4)14-20-27(30-26)23-11-17-25(18-12-23)29(5,6)7/h9-12,14-18,26H,8,13,19-20H2,1-7H3/b22-14+,30-27+. The smallest absolute Gasteiger partial charge is 0.0503 e. The SMILES string of the molecule is CCC1CC/C(c2ccc(C(C)(C)C)cc2)=C\C/C(c2ccc(C(C)(C)C)cc2)=N\1. The number of hydrogen-bond acceptors (Lipinski definition) is 1. The molecule has 0 spiro atoms. The third-order valence-electron chi connectivity index (χ3n) is 6.30. The number of hydrogen-bond donors (Lipinski definition) is 0. The van der Waals surface area contributed by atoms with Crippen molar-refractivity contribution in [2.75, 3.05) is 0 Å². The Kier molecular flexibility index (Phi) is 6.70. The highest BCUT2D eigenvalue weighted by Crippen LogP contribution is 2.29. The summed E-state index contributed by atoms with van der Waals surface area (Å²) in [5.41, 5.74) is 8.47. The van der Waals surface area contributed by atoms with E-state index in [-0.39, 0.29) is 10.8 Å². The Labute approximate surface area is 184 Å². The highest BCUT2D eigenvalue weighted by atomic mass is 14.8. The monoisotopic (exact) mass is 401 g/mol. The molecule has 1 aliphatic rings. The van der Waals surface area contributed by atoms with E-state index in [0.717, 1.165) is 25.7 Å². The van der Waals surface area contributed by atoms with Gasteiger partial charge in [-0.15, -0.1) is 0 Å². The fourth-order valence-corrected chi connectivity index (χ4v) is 4.08. The summed E-state index contributed by atoms with van der Waals surface area (Å²) in [7, 11) is 0. The quantitative estimate of drug-likeness (QED) is 0.492. The van der Waals surface area contributed by atoms with Crippen LogP contribution in [0.5, 0.6) is 0 Å². The van der Waals surface area contributed by atoms with Gasteiger partial charge in [0.05, 0.1) is 6.04 Å². The zero-order valence-corrected chi connectivity index (χ0v) is 20.0. The maximum absolute atomic E-state index is 5.16. The first-order chi connectivity index (χ1) is 14.1. The largest absolute Gasteiger partial charge is 0.285 e. The van der Waals surface area contributed by atoms with E-state index >= 15 is 0 Å². The van der Waals surface area contributed by atoms with Gasteiger partial charge in [-0.25, -0.2) is 0 Å². The summed E-state index contributed by atoms with van der Waals surface area (Å²) in [6.45, 7) is 15.9. The lowest BCUT2D eigenvalue weighted by Crippen LogP contribution is -2.14. The van der Waals surface area contributed by atoms with E-state index in [1.54, 1.807) is 0 Å². The molecule has 1 atom stereocenters. The molecule has 0 radical (unpaired) electrons. The molecule has 2 aromatic rings. The van der Waals surface area contributed by atoms with Crippen LogP contribution in [0.2, 0.25) is 0 Å². The molecule has 1 nitrogen and oxygen atoms in total. The minimum absolute atomic E-state index is 0.180. The van der Waals surface area contributed by atoms with Crippen molar-refractivity contribution in [2.45, 2.75) is 91.0 Å². The summed E-state index contributed by atoms with van der Waals surface area (Å²) in [4.78, 5) is 5.16. The second kappa shape index (κ2) is 8.92. The van der Waals surface area contributed by atoms with Crippen molar-refractivity contribution < 1.29 is 0 Å². The van der Waals surface area contributed by atoms with Gasteiger partial charge in [-0.05, 0) is 57.9 Å². The van der Waals surface area contributed by atoms with Crippen molar-refractivity contribution in [1.82, 2.24) is 0 Å². The number of benzene rings is 2. The van der Waals surface area contributed by atoms with E-state index in [0.29, 0.717) is 6.04 Å². The lowest BCUT2D eigenvalue weighted by atomic mass is 9.85. The van der Waals surface area contributed by atoms with Gasteiger partial charge >= 0.3 is 0 Å². The summed E-state index contributed by atoms with van der Waals surface area (Å²) in [5, 5.41) is 0. The molecule has 0 amide bonds. The lowest BCUT2D eigenvalue weighted by Gasteiger charge is -2.22. The predicted molar refractivity (Wildman–Crippen MR) is 133 cm³/mol. The maximum Gasteiger partial charge on any atom is 0.0503 e. The third-order valence-corrected chi connectivity index (χ3v) is 6.30. The molecule has 1 aliphatic heterocycles. The van der Waals surface area contributed by atoms with Gasteiger partial charge in [0.25, 0.3) is 0 Å². The van der Waals surface area contributed by atoms with E-state index in [1.165, 1.54) is 33.5 Å². The molecular formula is C29H39N. The second-order valence-electron chi connectivity index (χ2n) is 10.8. The van der Waals surface area contributed by atoms with Crippen molar-refractivity contribution in [3.63, 3.8) is 0 Å². The van der Waals surface area contributed by atoms with Crippen LogP contribution in [-0.4, -0.2) is 11.8 Å². The van der Waals surface area contributed by atoms with E-state index in [4.69, 9.17) is 4.99 Å². The summed E-state index contributed by atoms with van der Waals surface area (Å²) < 4.78 is 0. The zero-order valence-electron chi connectivity index (χ0n) is 20.0. The van der Waals surface area contributed by atoms with E-state index in [2.05, 4.69) is 103 Å². The molecular weight excluding hydrogens is 362 g/mol. The van der Waals surface area contributed by atoms with Crippen LogP contribution in [0.1, 0.15) is 96.4 Å². The Balaban J connectivity index is 1.88. The topological polar surface area (TPSA) is 12.4 Å². The molecule has 0 fully saturated rings. The van der Waals surface area contributed by atoms with Crippen LogP contribution < -0.4 is 0 Å². The van der Waals surface area contributed by atoms with Gasteiger partial charge in [0.1, 0.15) is 0 Å². The van der Waals surface area contributed by atoms with Gasteiger partial charge in [0, 0.05) is 12.1 Å². The van der Waals surface area contributed by atoms with Gasteiger partial charge in [-0.3, -0.25) is 4.99 Å². The normalized spacial score (nSPS) is 21.8. The number of nitrogens with zero attached hydrogens (tertiary/aromatic N) is 1. The Morgan fingerprint density at radius 3 is 1.73 bits per heavy atom. The first-order valence-electron chi connectivity index (χ1n) is 11.6. The van der Waals surface area contributed by atoms with Crippen LogP contribution >= 0.6 is 0 Å². The minimum Gasteiger partial charge on any atom is -0.285 e. The Morgan fingerprint density at radius 1 is 0.767 bits per heavy atom. The summed E-state index contributed by atoms with van der Waals surface area (Å²) in [5.74, 6) is 0. The molecule has 30 heavy (non-hydrogen) atoms. The van der Waals surface area contributed by atoms with Crippen molar-refractivity contribution in [2.24, 2.45) is 4.99 Å².